The molecule has 0 saturated carbocycles. The van der Waals surface area contributed by atoms with Gasteiger partial charge in [-0.2, -0.15) is 0 Å². The van der Waals surface area contributed by atoms with E-state index in [2.05, 4.69) is 31.2 Å². The average molecular weight is 195 g/mol. The van der Waals surface area contributed by atoms with Gasteiger partial charge >= 0.3 is 0 Å². The van der Waals surface area contributed by atoms with Crippen LogP contribution in [-0.4, -0.2) is 5.75 Å². The van der Waals surface area contributed by atoms with Gasteiger partial charge < -0.3 is 5.73 Å². The Bertz CT molecular complexity index is 241. The molecule has 0 aliphatic rings. The first-order chi connectivity index (χ1) is 6.24. The second-order valence-electron chi connectivity index (χ2n) is 3.21. The van der Waals surface area contributed by atoms with Crippen LogP contribution in [0.15, 0.2) is 29.2 Å². The van der Waals surface area contributed by atoms with Crippen LogP contribution in [0.4, 0.5) is 0 Å². The molecule has 1 nitrogen and oxygen atoms in total. The summed E-state index contributed by atoms with van der Waals surface area (Å²) in [6.45, 7) is 4.21. The minimum atomic E-state index is 0.144. The lowest BCUT2D eigenvalue weighted by Gasteiger charge is -2.06. The molecular weight excluding hydrogens is 178 g/mol. The molecular formula is C11H17NS. The van der Waals surface area contributed by atoms with Crippen molar-refractivity contribution in [2.75, 3.05) is 5.75 Å². The predicted molar refractivity (Wildman–Crippen MR) is 60.1 cm³/mol. The second-order valence-corrected chi connectivity index (χ2v) is 4.37. The summed E-state index contributed by atoms with van der Waals surface area (Å²) in [4.78, 5) is 1.34. The number of thioether (sulfide) groups is 1. The van der Waals surface area contributed by atoms with Crippen LogP contribution in [0.25, 0.3) is 0 Å². The fourth-order valence-corrected chi connectivity index (χ4v) is 1.86. The molecule has 0 saturated heterocycles. The Morgan fingerprint density at radius 2 is 1.92 bits per heavy atom. The molecule has 1 atom stereocenters. The van der Waals surface area contributed by atoms with Crippen LogP contribution < -0.4 is 5.73 Å². The lowest BCUT2D eigenvalue weighted by atomic mass is 10.1. The zero-order valence-electron chi connectivity index (χ0n) is 8.29. The highest BCUT2D eigenvalue weighted by atomic mass is 32.2. The van der Waals surface area contributed by atoms with E-state index in [1.165, 1.54) is 22.6 Å². The van der Waals surface area contributed by atoms with Crippen molar-refractivity contribution in [3.8, 4) is 0 Å². The third kappa shape index (κ3) is 3.41. The van der Waals surface area contributed by atoms with Gasteiger partial charge in [0.2, 0.25) is 0 Å². The van der Waals surface area contributed by atoms with Crippen molar-refractivity contribution in [3.63, 3.8) is 0 Å². The summed E-state index contributed by atoms with van der Waals surface area (Å²) in [6, 6.07) is 8.67. The van der Waals surface area contributed by atoms with E-state index < -0.39 is 0 Å². The maximum absolute atomic E-state index is 5.76. The standard InChI is InChI=1S/C11H17NS/c1-3-8-13-11-6-4-10(5-7-11)9(2)12/h4-7,9H,3,8,12H2,1-2H3/t9-/m0/s1. The number of rotatable bonds is 4. The SMILES string of the molecule is CCCSc1ccc([C@H](C)N)cc1. The van der Waals surface area contributed by atoms with Gasteiger partial charge in [-0.05, 0) is 36.8 Å². The van der Waals surface area contributed by atoms with Crippen LogP contribution in [-0.2, 0) is 0 Å². The summed E-state index contributed by atoms with van der Waals surface area (Å²) in [6.07, 6.45) is 1.22. The number of nitrogens with two attached hydrogens (primary N) is 1. The molecule has 0 unspecified atom stereocenters. The Hall–Kier alpha value is -0.470. The third-order valence-electron chi connectivity index (χ3n) is 1.88. The quantitative estimate of drug-likeness (QED) is 0.747. The van der Waals surface area contributed by atoms with Crippen LogP contribution in [0.1, 0.15) is 31.9 Å². The van der Waals surface area contributed by atoms with Crippen LogP contribution in [0.3, 0.4) is 0 Å². The molecule has 0 spiro atoms. The van der Waals surface area contributed by atoms with Crippen molar-refractivity contribution in [1.29, 1.82) is 0 Å². The lowest BCUT2D eigenvalue weighted by Crippen LogP contribution is -2.04. The van der Waals surface area contributed by atoms with E-state index in [0.717, 1.165) is 0 Å². The van der Waals surface area contributed by atoms with Gasteiger partial charge in [-0.15, -0.1) is 11.8 Å². The molecule has 0 fully saturated rings. The topological polar surface area (TPSA) is 26.0 Å². The van der Waals surface area contributed by atoms with E-state index in [0.29, 0.717) is 0 Å². The van der Waals surface area contributed by atoms with E-state index in [9.17, 15) is 0 Å². The Morgan fingerprint density at radius 3 is 2.38 bits per heavy atom. The fraction of sp³-hybridized carbons (Fsp3) is 0.455. The first kappa shape index (κ1) is 10.6. The molecule has 1 rings (SSSR count). The highest BCUT2D eigenvalue weighted by Gasteiger charge is 1.98. The molecule has 1 aromatic rings. The molecule has 0 aromatic heterocycles. The van der Waals surface area contributed by atoms with Gasteiger partial charge in [0.05, 0.1) is 0 Å². The molecule has 0 amide bonds. The van der Waals surface area contributed by atoms with Crippen molar-refractivity contribution >= 4 is 11.8 Å². The zero-order chi connectivity index (χ0) is 9.68. The molecule has 0 aliphatic carbocycles. The van der Waals surface area contributed by atoms with Gasteiger partial charge in [0.25, 0.3) is 0 Å². The Kier molecular flexibility index (Phi) is 4.33. The van der Waals surface area contributed by atoms with Crippen LogP contribution in [0.5, 0.6) is 0 Å². The van der Waals surface area contributed by atoms with Crippen molar-refractivity contribution < 1.29 is 0 Å². The highest BCUT2D eigenvalue weighted by Crippen LogP contribution is 2.20. The Balaban J connectivity index is 2.59. The van der Waals surface area contributed by atoms with Gasteiger partial charge in [0.1, 0.15) is 0 Å². The molecule has 0 radical (unpaired) electrons. The second kappa shape index (κ2) is 5.30. The average Bonchev–Trinajstić information content (AvgIpc) is 2.15. The summed E-state index contributed by atoms with van der Waals surface area (Å²) in [7, 11) is 0. The first-order valence-electron chi connectivity index (χ1n) is 4.72. The predicted octanol–water partition coefficient (Wildman–Crippen LogP) is 3.21. The van der Waals surface area contributed by atoms with Crippen LogP contribution in [0.2, 0.25) is 0 Å². The minimum Gasteiger partial charge on any atom is -0.324 e. The minimum absolute atomic E-state index is 0.144. The van der Waals surface area contributed by atoms with E-state index in [4.69, 9.17) is 5.73 Å². The van der Waals surface area contributed by atoms with Crippen molar-refractivity contribution in [2.45, 2.75) is 31.2 Å². The summed E-state index contributed by atoms with van der Waals surface area (Å²) < 4.78 is 0. The number of hydrogen-bond acceptors (Lipinski definition) is 2. The summed E-state index contributed by atoms with van der Waals surface area (Å²) in [5.41, 5.74) is 6.97. The van der Waals surface area contributed by atoms with Crippen molar-refractivity contribution in [3.05, 3.63) is 29.8 Å². The molecule has 72 valence electrons. The maximum atomic E-state index is 5.76. The molecule has 0 heterocycles. The highest BCUT2D eigenvalue weighted by molar-refractivity contribution is 7.99. The summed E-state index contributed by atoms with van der Waals surface area (Å²) in [5.74, 6) is 1.19. The van der Waals surface area contributed by atoms with Gasteiger partial charge in [0.15, 0.2) is 0 Å². The van der Waals surface area contributed by atoms with E-state index in [1.54, 1.807) is 0 Å². The van der Waals surface area contributed by atoms with Gasteiger partial charge in [-0.25, -0.2) is 0 Å². The number of hydrogen-bond donors (Lipinski definition) is 1. The van der Waals surface area contributed by atoms with Crippen molar-refractivity contribution in [2.24, 2.45) is 5.73 Å². The van der Waals surface area contributed by atoms with Crippen molar-refractivity contribution in [1.82, 2.24) is 0 Å². The molecule has 1 aromatic carbocycles. The van der Waals surface area contributed by atoms with E-state index in [-0.39, 0.29) is 6.04 Å². The lowest BCUT2D eigenvalue weighted by molar-refractivity contribution is 0.817. The first-order valence-corrected chi connectivity index (χ1v) is 5.71. The number of benzene rings is 1. The Labute approximate surface area is 84.7 Å². The summed E-state index contributed by atoms with van der Waals surface area (Å²) in [5, 5.41) is 0. The maximum Gasteiger partial charge on any atom is 0.0266 e. The molecule has 0 aliphatic heterocycles. The smallest absolute Gasteiger partial charge is 0.0266 e. The summed E-state index contributed by atoms with van der Waals surface area (Å²) >= 11 is 1.90. The van der Waals surface area contributed by atoms with Crippen LogP contribution >= 0.6 is 11.8 Å². The monoisotopic (exact) mass is 195 g/mol. The molecule has 0 bridgehead atoms. The van der Waals surface area contributed by atoms with Gasteiger partial charge in [-0.3, -0.25) is 0 Å². The zero-order valence-corrected chi connectivity index (χ0v) is 9.10. The third-order valence-corrected chi connectivity index (χ3v) is 3.10. The molecule has 2 heteroatoms. The Morgan fingerprint density at radius 1 is 1.31 bits per heavy atom. The normalized spacial score (nSPS) is 12.8. The van der Waals surface area contributed by atoms with E-state index >= 15 is 0 Å². The largest absolute Gasteiger partial charge is 0.324 e. The molecule has 2 N–H and O–H groups in total. The van der Waals surface area contributed by atoms with Gasteiger partial charge in [0, 0.05) is 10.9 Å². The van der Waals surface area contributed by atoms with E-state index in [1.807, 2.05) is 18.7 Å². The molecule has 13 heavy (non-hydrogen) atoms. The van der Waals surface area contributed by atoms with Gasteiger partial charge in [-0.1, -0.05) is 19.1 Å². The van der Waals surface area contributed by atoms with Crippen LogP contribution in [0, 0.1) is 0 Å². The fourth-order valence-electron chi connectivity index (χ4n) is 1.09.